The lowest BCUT2D eigenvalue weighted by atomic mass is 9.84. The Kier molecular flexibility index (Phi) is 6.37. The van der Waals surface area contributed by atoms with Crippen molar-refractivity contribution in [2.24, 2.45) is 5.92 Å². The molecule has 1 aliphatic carbocycles. The van der Waals surface area contributed by atoms with E-state index in [2.05, 4.69) is 28.1 Å². The van der Waals surface area contributed by atoms with Crippen molar-refractivity contribution >= 4 is 22.0 Å². The number of carbonyl (C=O) groups excluding carboxylic acids is 1. The van der Waals surface area contributed by atoms with Crippen molar-refractivity contribution in [3.63, 3.8) is 0 Å². The van der Waals surface area contributed by atoms with E-state index in [1.807, 2.05) is 13.0 Å². The van der Waals surface area contributed by atoms with Crippen LogP contribution in [0, 0.1) is 11.7 Å². The number of carbonyl (C=O) groups is 1. The van der Waals surface area contributed by atoms with Gasteiger partial charge in [-0.2, -0.15) is 0 Å². The number of ether oxygens (including phenoxy) is 1. The highest BCUT2D eigenvalue weighted by Crippen LogP contribution is 2.40. The fourth-order valence-electron chi connectivity index (χ4n) is 3.88. The summed E-state index contributed by atoms with van der Waals surface area (Å²) in [5.41, 5.74) is -0.0304. The number of allylic oxidation sites excluding steroid dienone is 3. The molecule has 1 unspecified atom stereocenters. The molecule has 6 heteroatoms. The Bertz CT molecular complexity index is 733. The lowest BCUT2D eigenvalue weighted by Gasteiger charge is -2.45. The van der Waals surface area contributed by atoms with Gasteiger partial charge in [-0.15, -0.1) is 0 Å². The average molecular weight is 438 g/mol. The SMILES string of the molecule is C[C@@H](C1C=CC(Br)=CC1)N1CC[C@](CCCO)(c2ccc(F)cc2)OC1=O. The molecule has 3 atom stereocenters. The van der Waals surface area contributed by atoms with Crippen molar-refractivity contribution in [2.45, 2.75) is 44.2 Å². The first-order chi connectivity index (χ1) is 12.9. The molecule has 0 spiro atoms. The topological polar surface area (TPSA) is 49.8 Å². The molecule has 1 aromatic rings. The van der Waals surface area contributed by atoms with Gasteiger partial charge in [0.15, 0.2) is 0 Å². The summed E-state index contributed by atoms with van der Waals surface area (Å²) in [4.78, 5) is 14.7. The summed E-state index contributed by atoms with van der Waals surface area (Å²) < 4.78 is 20.4. The molecule has 1 amide bonds. The fraction of sp³-hybridized carbons (Fsp3) is 0.476. The maximum absolute atomic E-state index is 13.3. The van der Waals surface area contributed by atoms with Crippen LogP contribution in [0.25, 0.3) is 0 Å². The van der Waals surface area contributed by atoms with Gasteiger partial charge in [0.1, 0.15) is 11.4 Å². The molecule has 0 bridgehead atoms. The van der Waals surface area contributed by atoms with Gasteiger partial charge in [0.2, 0.25) is 0 Å². The van der Waals surface area contributed by atoms with Gasteiger partial charge in [0, 0.05) is 36.0 Å². The van der Waals surface area contributed by atoms with Crippen LogP contribution in [0.4, 0.5) is 9.18 Å². The molecule has 1 saturated heterocycles. The molecule has 1 fully saturated rings. The van der Waals surface area contributed by atoms with Gasteiger partial charge in [0.25, 0.3) is 0 Å². The summed E-state index contributed by atoms with van der Waals surface area (Å²) in [5.74, 6) is -0.0774. The predicted octanol–water partition coefficient (Wildman–Crippen LogP) is 4.88. The van der Waals surface area contributed by atoms with Gasteiger partial charge in [0.05, 0.1) is 0 Å². The number of halogens is 2. The van der Waals surface area contributed by atoms with Gasteiger partial charge >= 0.3 is 6.09 Å². The lowest BCUT2D eigenvalue weighted by molar-refractivity contribution is -0.0704. The summed E-state index contributed by atoms with van der Waals surface area (Å²) in [6.45, 7) is 2.63. The summed E-state index contributed by atoms with van der Waals surface area (Å²) in [7, 11) is 0. The van der Waals surface area contributed by atoms with E-state index in [9.17, 15) is 14.3 Å². The van der Waals surface area contributed by atoms with Gasteiger partial charge < -0.3 is 14.7 Å². The second kappa shape index (κ2) is 8.57. The van der Waals surface area contributed by atoms with Crippen molar-refractivity contribution in [3.8, 4) is 0 Å². The summed E-state index contributed by atoms with van der Waals surface area (Å²) in [5, 5.41) is 9.27. The number of aliphatic hydroxyl groups excluding tert-OH is 1. The van der Waals surface area contributed by atoms with Gasteiger partial charge in [-0.25, -0.2) is 9.18 Å². The largest absolute Gasteiger partial charge is 0.438 e. The number of amides is 1. The van der Waals surface area contributed by atoms with Crippen LogP contribution in [-0.4, -0.2) is 35.3 Å². The Balaban J connectivity index is 1.76. The number of cyclic esters (lactones) is 1. The van der Waals surface area contributed by atoms with Crippen molar-refractivity contribution < 1.29 is 19.0 Å². The predicted molar refractivity (Wildman–Crippen MR) is 106 cm³/mol. The Hall–Kier alpha value is -1.66. The van der Waals surface area contributed by atoms with Crippen molar-refractivity contribution in [3.05, 3.63) is 58.4 Å². The smallest absolute Gasteiger partial charge is 0.410 e. The number of hydrogen-bond donors (Lipinski definition) is 1. The quantitative estimate of drug-likeness (QED) is 0.689. The third kappa shape index (κ3) is 4.43. The van der Waals surface area contributed by atoms with E-state index in [0.717, 1.165) is 16.5 Å². The maximum atomic E-state index is 13.3. The molecule has 1 aromatic carbocycles. The standard InChI is InChI=1S/C21H25BrFNO3/c1-15(16-3-7-18(22)8-4-16)24-13-12-21(11-2-14-25,27-20(24)26)17-5-9-19(23)10-6-17/h3,5-10,15-16,25H,2,4,11-14H2,1H3/t15-,16?,21+/m0/s1. The van der Waals surface area contributed by atoms with Crippen LogP contribution in [0.1, 0.15) is 38.2 Å². The van der Waals surface area contributed by atoms with Crippen LogP contribution in [0.2, 0.25) is 0 Å². The second-order valence-corrected chi connectivity index (χ2v) is 8.14. The van der Waals surface area contributed by atoms with Crippen molar-refractivity contribution in [1.29, 1.82) is 0 Å². The first-order valence-electron chi connectivity index (χ1n) is 9.35. The minimum Gasteiger partial charge on any atom is -0.438 e. The zero-order valence-corrected chi connectivity index (χ0v) is 17.0. The van der Waals surface area contributed by atoms with E-state index in [4.69, 9.17) is 4.74 Å². The first-order valence-corrected chi connectivity index (χ1v) is 10.1. The van der Waals surface area contributed by atoms with Crippen LogP contribution in [-0.2, 0) is 10.3 Å². The highest BCUT2D eigenvalue weighted by Gasteiger charge is 2.43. The van der Waals surface area contributed by atoms with Crippen molar-refractivity contribution in [1.82, 2.24) is 4.90 Å². The molecule has 0 radical (unpaired) electrons. The Morgan fingerprint density at radius 3 is 2.74 bits per heavy atom. The summed E-state index contributed by atoms with van der Waals surface area (Å²) in [6.07, 6.45) is 8.42. The minimum atomic E-state index is -0.810. The van der Waals surface area contributed by atoms with E-state index < -0.39 is 5.60 Å². The molecule has 0 aromatic heterocycles. The molecule has 3 rings (SSSR count). The molecule has 0 saturated carbocycles. The molecule has 2 aliphatic rings. The number of hydrogen-bond acceptors (Lipinski definition) is 3. The normalized spacial score (nSPS) is 26.5. The average Bonchev–Trinajstić information content (AvgIpc) is 2.67. The van der Waals surface area contributed by atoms with Crippen LogP contribution in [0.5, 0.6) is 0 Å². The Labute approximate surface area is 167 Å². The minimum absolute atomic E-state index is 0.0225. The van der Waals surface area contributed by atoms with Gasteiger partial charge in [-0.05, 0) is 43.9 Å². The third-order valence-electron chi connectivity index (χ3n) is 5.58. The molecule has 27 heavy (non-hydrogen) atoms. The molecule has 4 nitrogen and oxygen atoms in total. The van der Waals surface area contributed by atoms with Crippen LogP contribution >= 0.6 is 15.9 Å². The highest BCUT2D eigenvalue weighted by atomic mass is 79.9. The van der Waals surface area contributed by atoms with Crippen LogP contribution in [0.15, 0.2) is 47.0 Å². The number of nitrogens with zero attached hydrogens (tertiary/aromatic N) is 1. The monoisotopic (exact) mass is 437 g/mol. The third-order valence-corrected chi connectivity index (χ3v) is 6.17. The highest BCUT2D eigenvalue weighted by molar-refractivity contribution is 9.11. The maximum Gasteiger partial charge on any atom is 0.410 e. The molecular formula is C21H25BrFNO3. The number of rotatable bonds is 6. The van der Waals surface area contributed by atoms with E-state index in [0.29, 0.717) is 25.8 Å². The molecule has 146 valence electrons. The second-order valence-electron chi connectivity index (χ2n) is 7.23. The Morgan fingerprint density at radius 1 is 1.41 bits per heavy atom. The summed E-state index contributed by atoms with van der Waals surface area (Å²) in [6, 6.07) is 6.14. The van der Waals surface area contributed by atoms with E-state index in [1.165, 1.54) is 12.1 Å². The van der Waals surface area contributed by atoms with Gasteiger partial charge in [-0.3, -0.25) is 0 Å². The van der Waals surface area contributed by atoms with Crippen LogP contribution < -0.4 is 0 Å². The number of aliphatic hydroxyl groups is 1. The molecule has 1 N–H and O–H groups in total. The Morgan fingerprint density at radius 2 is 2.15 bits per heavy atom. The van der Waals surface area contributed by atoms with E-state index >= 15 is 0 Å². The fourth-order valence-corrected chi connectivity index (χ4v) is 4.22. The molecule has 1 heterocycles. The molecule has 1 aliphatic heterocycles. The van der Waals surface area contributed by atoms with E-state index in [1.54, 1.807) is 17.0 Å². The lowest BCUT2D eigenvalue weighted by Crippen LogP contribution is -2.52. The summed E-state index contributed by atoms with van der Waals surface area (Å²) >= 11 is 3.46. The first kappa shape index (κ1) is 20.1. The molecular weight excluding hydrogens is 413 g/mol. The zero-order chi connectivity index (χ0) is 19.4. The van der Waals surface area contributed by atoms with Crippen molar-refractivity contribution in [2.75, 3.05) is 13.2 Å². The number of benzene rings is 1. The van der Waals surface area contributed by atoms with E-state index in [-0.39, 0.29) is 30.5 Å². The van der Waals surface area contributed by atoms with Gasteiger partial charge in [-0.1, -0.05) is 46.3 Å². The van der Waals surface area contributed by atoms with Crippen LogP contribution in [0.3, 0.4) is 0 Å². The zero-order valence-electron chi connectivity index (χ0n) is 15.4.